The number of carbonyl (C=O) groups is 2. The van der Waals surface area contributed by atoms with Crippen LogP contribution in [0, 0.1) is 11.8 Å². The molecule has 5 heteroatoms. The van der Waals surface area contributed by atoms with Crippen LogP contribution in [0.15, 0.2) is 30.3 Å². The van der Waals surface area contributed by atoms with E-state index >= 15 is 0 Å². The van der Waals surface area contributed by atoms with Gasteiger partial charge < -0.3 is 15.5 Å². The third kappa shape index (κ3) is 7.16. The molecule has 0 radical (unpaired) electrons. The summed E-state index contributed by atoms with van der Waals surface area (Å²) in [7, 11) is 4.07. The Kier molecular flexibility index (Phi) is 8.62. The molecule has 26 heavy (non-hydrogen) atoms. The Morgan fingerprint density at radius 2 is 1.46 bits per heavy atom. The molecule has 2 rings (SSSR count). The molecule has 1 aliphatic rings. The number of benzene rings is 1. The minimum Gasteiger partial charge on any atom is -0.356 e. The molecular formula is C21H33N3O2. The minimum atomic E-state index is 0.0589. The predicted molar refractivity (Wildman–Crippen MR) is 105 cm³/mol. The first kappa shape index (κ1) is 20.4. The molecule has 144 valence electrons. The van der Waals surface area contributed by atoms with Crippen molar-refractivity contribution < 1.29 is 9.59 Å². The third-order valence-electron chi connectivity index (χ3n) is 5.11. The van der Waals surface area contributed by atoms with Gasteiger partial charge in [0, 0.05) is 24.9 Å². The summed E-state index contributed by atoms with van der Waals surface area (Å²) in [5, 5.41) is 6.09. The van der Waals surface area contributed by atoms with Crippen LogP contribution in [0.4, 0.5) is 0 Å². The highest BCUT2D eigenvalue weighted by atomic mass is 16.2. The highest BCUT2D eigenvalue weighted by Crippen LogP contribution is 2.29. The van der Waals surface area contributed by atoms with Gasteiger partial charge in [0.2, 0.25) is 11.8 Å². The molecule has 1 saturated carbocycles. The summed E-state index contributed by atoms with van der Waals surface area (Å²) in [6.45, 7) is 2.39. The lowest BCUT2D eigenvalue weighted by Crippen LogP contribution is -2.38. The van der Waals surface area contributed by atoms with Crippen LogP contribution < -0.4 is 10.6 Å². The fourth-order valence-electron chi connectivity index (χ4n) is 3.49. The van der Waals surface area contributed by atoms with E-state index in [4.69, 9.17) is 0 Å². The predicted octanol–water partition coefficient (Wildman–Crippen LogP) is 2.22. The van der Waals surface area contributed by atoms with Gasteiger partial charge in [0.1, 0.15) is 0 Å². The second kappa shape index (κ2) is 11.0. The van der Waals surface area contributed by atoms with E-state index in [1.807, 2.05) is 32.3 Å². The Morgan fingerprint density at radius 1 is 0.923 bits per heavy atom. The van der Waals surface area contributed by atoms with Crippen molar-refractivity contribution in [2.75, 3.05) is 33.7 Å². The fraction of sp³-hybridized carbons (Fsp3) is 0.619. The molecular weight excluding hydrogens is 326 g/mol. The molecule has 0 aromatic heterocycles. The van der Waals surface area contributed by atoms with Crippen molar-refractivity contribution in [2.45, 2.75) is 38.5 Å². The average molecular weight is 360 g/mol. The zero-order valence-corrected chi connectivity index (χ0v) is 16.2. The highest BCUT2D eigenvalue weighted by Gasteiger charge is 2.29. The molecule has 0 spiro atoms. The Bertz CT molecular complexity index is 552. The number of carbonyl (C=O) groups excluding carboxylic acids is 2. The third-order valence-corrected chi connectivity index (χ3v) is 5.11. The van der Waals surface area contributed by atoms with Crippen LogP contribution in [0.3, 0.4) is 0 Å². The molecule has 0 aliphatic heterocycles. The van der Waals surface area contributed by atoms with Crippen molar-refractivity contribution in [3.8, 4) is 0 Å². The number of rotatable bonds is 9. The van der Waals surface area contributed by atoms with Crippen LogP contribution in [-0.4, -0.2) is 50.4 Å². The smallest absolute Gasteiger partial charge is 0.223 e. The molecule has 0 saturated heterocycles. The number of nitrogens with one attached hydrogen (secondary N) is 2. The van der Waals surface area contributed by atoms with E-state index < -0.39 is 0 Å². The van der Waals surface area contributed by atoms with E-state index in [0.717, 1.165) is 51.6 Å². The van der Waals surface area contributed by atoms with Crippen LogP contribution in [-0.2, 0) is 16.0 Å². The van der Waals surface area contributed by atoms with E-state index in [-0.39, 0.29) is 23.7 Å². The number of amides is 2. The van der Waals surface area contributed by atoms with Crippen molar-refractivity contribution in [3.63, 3.8) is 0 Å². The molecule has 2 N–H and O–H groups in total. The van der Waals surface area contributed by atoms with Gasteiger partial charge in [-0.25, -0.2) is 0 Å². The van der Waals surface area contributed by atoms with Gasteiger partial charge in [-0.05, 0) is 64.7 Å². The summed E-state index contributed by atoms with van der Waals surface area (Å²) in [5.74, 6) is 0.434. The molecule has 0 bridgehead atoms. The van der Waals surface area contributed by atoms with Gasteiger partial charge in [-0.15, -0.1) is 0 Å². The van der Waals surface area contributed by atoms with Crippen molar-refractivity contribution >= 4 is 11.8 Å². The average Bonchev–Trinajstić information content (AvgIpc) is 2.66. The van der Waals surface area contributed by atoms with Gasteiger partial charge in [0.25, 0.3) is 0 Å². The first-order valence-corrected chi connectivity index (χ1v) is 9.80. The van der Waals surface area contributed by atoms with Crippen LogP contribution in [0.1, 0.15) is 37.7 Å². The van der Waals surface area contributed by atoms with Crippen molar-refractivity contribution in [1.29, 1.82) is 0 Å². The zero-order valence-electron chi connectivity index (χ0n) is 16.2. The summed E-state index contributed by atoms with van der Waals surface area (Å²) in [6.07, 6.45) is 5.08. The van der Waals surface area contributed by atoms with Crippen molar-refractivity contribution in [1.82, 2.24) is 15.5 Å². The Hall–Kier alpha value is -1.88. The second-order valence-corrected chi connectivity index (χ2v) is 7.52. The Morgan fingerprint density at radius 3 is 2.00 bits per heavy atom. The first-order valence-electron chi connectivity index (χ1n) is 9.80. The highest BCUT2D eigenvalue weighted by molar-refractivity contribution is 5.81. The standard InChI is InChI=1S/C21H33N3O2/c1-24(2)16-6-14-22-20(25)18-9-11-19(12-10-18)21(26)23-15-13-17-7-4-3-5-8-17/h3-5,7-8,18-19H,6,9-16H2,1-2H3,(H,22,25)(H,23,26). The van der Waals surface area contributed by atoms with Crippen LogP contribution in [0.25, 0.3) is 0 Å². The largest absolute Gasteiger partial charge is 0.356 e. The van der Waals surface area contributed by atoms with E-state index in [1.54, 1.807) is 0 Å². The monoisotopic (exact) mass is 359 g/mol. The molecule has 0 atom stereocenters. The van der Waals surface area contributed by atoms with Crippen LogP contribution in [0.2, 0.25) is 0 Å². The van der Waals surface area contributed by atoms with Gasteiger partial charge >= 0.3 is 0 Å². The molecule has 0 unspecified atom stereocenters. The SMILES string of the molecule is CN(C)CCCNC(=O)C1CCC(C(=O)NCCc2ccccc2)CC1. The van der Waals surface area contributed by atoms with E-state index in [2.05, 4.69) is 27.7 Å². The Labute approximate surface area is 157 Å². The van der Waals surface area contributed by atoms with E-state index in [0.29, 0.717) is 6.54 Å². The summed E-state index contributed by atoms with van der Waals surface area (Å²) in [4.78, 5) is 26.7. The lowest BCUT2D eigenvalue weighted by Gasteiger charge is -2.27. The fourth-order valence-corrected chi connectivity index (χ4v) is 3.49. The molecule has 5 nitrogen and oxygen atoms in total. The summed E-state index contributed by atoms with van der Waals surface area (Å²) < 4.78 is 0. The van der Waals surface area contributed by atoms with Gasteiger partial charge in [-0.1, -0.05) is 30.3 Å². The topological polar surface area (TPSA) is 61.4 Å². The quantitative estimate of drug-likeness (QED) is 0.665. The van der Waals surface area contributed by atoms with Gasteiger partial charge in [-0.2, -0.15) is 0 Å². The van der Waals surface area contributed by atoms with E-state index in [9.17, 15) is 9.59 Å². The summed E-state index contributed by atoms with van der Waals surface area (Å²) in [6, 6.07) is 10.2. The molecule has 2 amide bonds. The Balaban J connectivity index is 1.61. The molecule has 0 heterocycles. The maximum absolute atomic E-state index is 12.3. The molecule has 1 aliphatic carbocycles. The number of nitrogens with zero attached hydrogens (tertiary/aromatic N) is 1. The lowest BCUT2D eigenvalue weighted by atomic mass is 9.81. The van der Waals surface area contributed by atoms with Crippen LogP contribution >= 0.6 is 0 Å². The van der Waals surface area contributed by atoms with Gasteiger partial charge in [-0.3, -0.25) is 9.59 Å². The van der Waals surface area contributed by atoms with Gasteiger partial charge in [0.05, 0.1) is 0 Å². The summed E-state index contributed by atoms with van der Waals surface area (Å²) >= 11 is 0. The first-order chi connectivity index (χ1) is 12.6. The van der Waals surface area contributed by atoms with Crippen molar-refractivity contribution in [3.05, 3.63) is 35.9 Å². The number of hydrogen-bond acceptors (Lipinski definition) is 3. The summed E-state index contributed by atoms with van der Waals surface area (Å²) in [5.41, 5.74) is 1.24. The normalized spacial score (nSPS) is 20.0. The van der Waals surface area contributed by atoms with E-state index in [1.165, 1.54) is 5.56 Å². The van der Waals surface area contributed by atoms with Gasteiger partial charge in [0.15, 0.2) is 0 Å². The zero-order chi connectivity index (χ0) is 18.8. The lowest BCUT2D eigenvalue weighted by molar-refractivity contribution is -0.130. The molecule has 1 fully saturated rings. The maximum Gasteiger partial charge on any atom is 0.223 e. The maximum atomic E-state index is 12.3. The minimum absolute atomic E-state index is 0.0589. The van der Waals surface area contributed by atoms with Crippen molar-refractivity contribution in [2.24, 2.45) is 11.8 Å². The second-order valence-electron chi connectivity index (χ2n) is 7.52. The molecule has 1 aromatic rings. The number of hydrogen-bond donors (Lipinski definition) is 2. The molecule has 1 aromatic carbocycles. The van der Waals surface area contributed by atoms with Crippen LogP contribution in [0.5, 0.6) is 0 Å².